The summed E-state index contributed by atoms with van der Waals surface area (Å²) >= 11 is 0. The van der Waals surface area contributed by atoms with E-state index in [1.165, 1.54) is 7.11 Å². The Kier molecular flexibility index (Phi) is 5.39. The number of cyclic esters (lactones) is 1. The first kappa shape index (κ1) is 20.2. The van der Waals surface area contributed by atoms with Gasteiger partial charge in [-0.3, -0.25) is 4.79 Å². The summed E-state index contributed by atoms with van der Waals surface area (Å²) in [6, 6.07) is 0. The Bertz CT molecular complexity index is 847. The van der Waals surface area contributed by atoms with Crippen LogP contribution in [0.2, 0.25) is 0 Å². The topological polar surface area (TPSA) is 96.3 Å². The molecule has 152 valence electrons. The van der Waals surface area contributed by atoms with Crippen molar-refractivity contribution in [2.75, 3.05) is 20.2 Å². The number of phenols is 1. The zero-order valence-corrected chi connectivity index (χ0v) is 16.8. The fourth-order valence-corrected chi connectivity index (χ4v) is 3.82. The van der Waals surface area contributed by atoms with Gasteiger partial charge in [0.15, 0.2) is 0 Å². The lowest BCUT2D eigenvalue weighted by Crippen LogP contribution is -2.61. The molecule has 2 heterocycles. The highest BCUT2D eigenvalue weighted by atomic mass is 16.5. The van der Waals surface area contributed by atoms with Crippen LogP contribution in [0.5, 0.6) is 11.5 Å². The van der Waals surface area contributed by atoms with Crippen molar-refractivity contribution in [3.8, 4) is 11.5 Å². The molecule has 0 aliphatic carbocycles. The van der Waals surface area contributed by atoms with Gasteiger partial charge in [0.25, 0.3) is 0 Å². The largest absolute Gasteiger partial charge is 0.507 e. The highest BCUT2D eigenvalue weighted by Gasteiger charge is 2.38. The third-order valence-electron chi connectivity index (χ3n) is 5.45. The molecule has 2 N–H and O–H groups in total. The second kappa shape index (κ2) is 7.47. The van der Waals surface area contributed by atoms with Gasteiger partial charge >= 0.3 is 5.97 Å². The maximum atomic E-state index is 12.1. The maximum Gasteiger partial charge on any atom is 0.342 e. The summed E-state index contributed by atoms with van der Waals surface area (Å²) in [7, 11) is 1.53. The minimum atomic E-state index is -0.763. The number of fused-ring (bicyclic) bond motifs is 1. The number of carbonyl (C=O) groups excluding carboxylic acids is 2. The van der Waals surface area contributed by atoms with Gasteiger partial charge in [0.1, 0.15) is 23.7 Å². The SMILES string of the molecule is COc1c(C)c2c(c(O)c1C/C=C(\C)CCC(=O)N1CC(C)(O)C1)C(=O)OC2. The maximum absolute atomic E-state index is 12.1. The van der Waals surface area contributed by atoms with Gasteiger partial charge in [-0.2, -0.15) is 0 Å². The third kappa shape index (κ3) is 3.71. The number of amides is 1. The molecule has 3 rings (SSSR count). The molecule has 1 aromatic carbocycles. The van der Waals surface area contributed by atoms with Crippen molar-refractivity contribution in [2.24, 2.45) is 0 Å². The molecular weight excluding hydrogens is 362 g/mol. The lowest BCUT2D eigenvalue weighted by atomic mass is 9.94. The molecule has 0 unspecified atom stereocenters. The van der Waals surface area contributed by atoms with Gasteiger partial charge in [0, 0.05) is 17.5 Å². The number of nitrogens with zero attached hydrogens (tertiary/aromatic N) is 1. The molecule has 0 aromatic heterocycles. The van der Waals surface area contributed by atoms with Crippen molar-refractivity contribution in [3.63, 3.8) is 0 Å². The second-order valence-electron chi connectivity index (χ2n) is 7.92. The summed E-state index contributed by atoms with van der Waals surface area (Å²) in [4.78, 5) is 25.7. The fourth-order valence-electron chi connectivity index (χ4n) is 3.82. The summed E-state index contributed by atoms with van der Waals surface area (Å²) < 4.78 is 10.5. The van der Waals surface area contributed by atoms with Crippen molar-refractivity contribution < 1.29 is 29.3 Å². The molecule has 1 saturated heterocycles. The normalized spacial score (nSPS) is 17.8. The van der Waals surface area contributed by atoms with E-state index >= 15 is 0 Å². The van der Waals surface area contributed by atoms with Crippen LogP contribution >= 0.6 is 0 Å². The summed E-state index contributed by atoms with van der Waals surface area (Å²) in [6.07, 6.45) is 3.28. The van der Waals surface area contributed by atoms with Gasteiger partial charge in [-0.15, -0.1) is 0 Å². The number of hydrogen-bond donors (Lipinski definition) is 2. The Morgan fingerprint density at radius 2 is 2.04 bits per heavy atom. The lowest BCUT2D eigenvalue weighted by molar-refractivity contribution is -0.152. The second-order valence-corrected chi connectivity index (χ2v) is 7.92. The number of aliphatic hydroxyl groups is 1. The molecule has 1 fully saturated rings. The number of benzene rings is 1. The molecule has 7 nitrogen and oxygen atoms in total. The average molecular weight is 389 g/mol. The Balaban J connectivity index is 1.70. The summed E-state index contributed by atoms with van der Waals surface area (Å²) in [5.41, 5.74) is 2.47. The highest BCUT2D eigenvalue weighted by Crippen LogP contribution is 2.42. The zero-order chi connectivity index (χ0) is 20.6. The monoisotopic (exact) mass is 389 g/mol. The minimum absolute atomic E-state index is 0.0239. The van der Waals surface area contributed by atoms with E-state index in [1.54, 1.807) is 11.8 Å². The third-order valence-corrected chi connectivity index (χ3v) is 5.45. The molecule has 0 bridgehead atoms. The van der Waals surface area contributed by atoms with Crippen LogP contribution in [0.1, 0.15) is 53.7 Å². The Morgan fingerprint density at radius 3 is 2.64 bits per heavy atom. The van der Waals surface area contributed by atoms with Gasteiger partial charge < -0.3 is 24.6 Å². The first-order chi connectivity index (χ1) is 13.1. The van der Waals surface area contributed by atoms with Crippen molar-refractivity contribution >= 4 is 11.9 Å². The number of ether oxygens (including phenoxy) is 2. The molecule has 0 radical (unpaired) electrons. The minimum Gasteiger partial charge on any atom is -0.507 e. The zero-order valence-electron chi connectivity index (χ0n) is 16.8. The Labute approximate surface area is 164 Å². The number of aromatic hydroxyl groups is 1. The number of rotatable bonds is 6. The summed E-state index contributed by atoms with van der Waals surface area (Å²) in [5, 5.41) is 20.3. The van der Waals surface area contributed by atoms with E-state index in [1.807, 2.05) is 19.9 Å². The van der Waals surface area contributed by atoms with Crippen molar-refractivity contribution in [1.82, 2.24) is 4.90 Å². The van der Waals surface area contributed by atoms with Gasteiger partial charge in [0.2, 0.25) is 5.91 Å². The highest BCUT2D eigenvalue weighted by molar-refractivity contribution is 5.98. The van der Waals surface area contributed by atoms with Crippen LogP contribution in [0, 0.1) is 6.92 Å². The number of methoxy groups -OCH3 is 1. The van der Waals surface area contributed by atoms with E-state index in [0.717, 1.165) is 11.1 Å². The molecule has 7 heteroatoms. The van der Waals surface area contributed by atoms with Crippen LogP contribution in [0.15, 0.2) is 11.6 Å². The number of likely N-dealkylation sites (tertiary alicyclic amines) is 1. The van der Waals surface area contributed by atoms with Gasteiger partial charge in [-0.05, 0) is 39.2 Å². The van der Waals surface area contributed by atoms with Crippen LogP contribution in [0.25, 0.3) is 0 Å². The van der Waals surface area contributed by atoms with Crippen molar-refractivity contribution in [2.45, 2.75) is 52.2 Å². The Hall–Kier alpha value is -2.54. The van der Waals surface area contributed by atoms with Crippen LogP contribution in [-0.2, 0) is 22.6 Å². The van der Waals surface area contributed by atoms with E-state index in [0.29, 0.717) is 49.2 Å². The molecule has 2 aliphatic heterocycles. The fraction of sp³-hybridized carbons (Fsp3) is 0.524. The quantitative estimate of drug-likeness (QED) is 0.572. The average Bonchev–Trinajstić information content (AvgIpc) is 3.01. The van der Waals surface area contributed by atoms with Crippen LogP contribution in [0.3, 0.4) is 0 Å². The number of β-amino-alcohol motifs (C(OH)–C–C–N with tert-alkyl or cyclic N) is 1. The molecule has 0 saturated carbocycles. The number of allylic oxidation sites excluding steroid dienone is 2. The molecule has 1 aromatic rings. The molecule has 0 spiro atoms. The summed E-state index contributed by atoms with van der Waals surface area (Å²) in [5.74, 6) is -0.0348. The molecule has 28 heavy (non-hydrogen) atoms. The molecule has 1 amide bonds. The van der Waals surface area contributed by atoms with Gasteiger partial charge in [-0.25, -0.2) is 4.79 Å². The van der Waals surface area contributed by atoms with E-state index in [9.17, 15) is 19.8 Å². The smallest absolute Gasteiger partial charge is 0.342 e. The van der Waals surface area contributed by atoms with E-state index in [4.69, 9.17) is 9.47 Å². The molecule has 0 atom stereocenters. The van der Waals surface area contributed by atoms with Crippen molar-refractivity contribution in [1.29, 1.82) is 0 Å². The molecule has 2 aliphatic rings. The van der Waals surface area contributed by atoms with Crippen LogP contribution < -0.4 is 4.74 Å². The van der Waals surface area contributed by atoms with Crippen molar-refractivity contribution in [3.05, 3.63) is 33.9 Å². The van der Waals surface area contributed by atoms with Crippen LogP contribution in [-0.4, -0.2) is 52.8 Å². The van der Waals surface area contributed by atoms with Gasteiger partial charge in [0.05, 0.1) is 25.8 Å². The molecular formula is C21H27NO6. The first-order valence-electron chi connectivity index (χ1n) is 9.38. The first-order valence-corrected chi connectivity index (χ1v) is 9.38. The predicted molar refractivity (Wildman–Crippen MR) is 102 cm³/mol. The number of hydrogen-bond acceptors (Lipinski definition) is 6. The van der Waals surface area contributed by atoms with E-state index in [-0.39, 0.29) is 23.8 Å². The van der Waals surface area contributed by atoms with E-state index < -0.39 is 11.6 Å². The lowest BCUT2D eigenvalue weighted by Gasteiger charge is -2.44. The Morgan fingerprint density at radius 1 is 1.36 bits per heavy atom. The number of carbonyl (C=O) groups is 2. The van der Waals surface area contributed by atoms with Gasteiger partial charge in [-0.1, -0.05) is 11.6 Å². The number of phenolic OH excluding ortho intramolecular Hbond substituents is 1. The summed E-state index contributed by atoms with van der Waals surface area (Å²) in [6.45, 7) is 6.40. The van der Waals surface area contributed by atoms with E-state index in [2.05, 4.69) is 0 Å². The predicted octanol–water partition coefficient (Wildman–Crippen LogP) is 2.24. The van der Waals surface area contributed by atoms with Crippen LogP contribution in [0.4, 0.5) is 0 Å². The standard InChI is InChI=1S/C21H27NO6/c1-12(6-8-16(23)22-10-21(3,26)11-22)5-7-14-18(24)17-15(9-28-20(17)25)13(2)19(14)27-4/h5,24,26H,6-11H2,1-4H3/b12-5+. The number of esters is 1.